The van der Waals surface area contributed by atoms with Gasteiger partial charge in [-0.2, -0.15) is 0 Å². The van der Waals surface area contributed by atoms with Gasteiger partial charge in [0.05, 0.1) is 11.3 Å². The molecule has 2 unspecified atom stereocenters. The molecule has 56 valence electrons. The van der Waals surface area contributed by atoms with Gasteiger partial charge in [-0.05, 0) is 13.8 Å². The molecule has 0 aromatic rings. The molecule has 0 saturated carbocycles. The Hall–Kier alpha value is -0.510. The molecule has 1 aliphatic heterocycles. The van der Waals surface area contributed by atoms with E-state index in [1.807, 2.05) is 6.92 Å². The number of Topliss-reactive ketones (excluding diaryl/α,β-unsaturated/α-hetero) is 1. The Labute approximate surface area is 64.1 Å². The fourth-order valence-corrected chi connectivity index (χ4v) is 1.86. The van der Waals surface area contributed by atoms with Crippen LogP contribution in [-0.2, 0) is 4.79 Å². The number of carbonyl (C=O) groups is 1. The summed E-state index contributed by atoms with van der Waals surface area (Å²) in [5, 5.41) is 0.493. The second-order valence-electron chi connectivity index (χ2n) is 2.36. The first-order valence-electron chi connectivity index (χ1n) is 3.11. The Morgan fingerprint density at radius 1 is 1.80 bits per heavy atom. The van der Waals surface area contributed by atoms with Crippen molar-refractivity contribution in [3.63, 3.8) is 0 Å². The third-order valence-electron chi connectivity index (χ3n) is 1.42. The van der Waals surface area contributed by atoms with Gasteiger partial charge in [-0.3, -0.25) is 9.79 Å². The molecule has 1 heterocycles. The highest BCUT2D eigenvalue weighted by atomic mass is 32.2. The topological polar surface area (TPSA) is 55.5 Å². The molecule has 0 aromatic heterocycles. The number of amidine groups is 1. The van der Waals surface area contributed by atoms with Crippen molar-refractivity contribution in [3.05, 3.63) is 0 Å². The molecule has 1 aliphatic rings. The van der Waals surface area contributed by atoms with Gasteiger partial charge < -0.3 is 5.73 Å². The van der Waals surface area contributed by atoms with Gasteiger partial charge in [0.15, 0.2) is 5.17 Å². The zero-order valence-corrected chi connectivity index (χ0v) is 6.81. The van der Waals surface area contributed by atoms with Crippen molar-refractivity contribution >= 4 is 22.7 Å². The van der Waals surface area contributed by atoms with Crippen LogP contribution in [0.3, 0.4) is 0 Å². The van der Waals surface area contributed by atoms with Crippen molar-refractivity contribution in [2.45, 2.75) is 25.1 Å². The molecule has 0 aromatic carbocycles. The molecule has 4 heteroatoms. The van der Waals surface area contributed by atoms with Crippen LogP contribution in [0.25, 0.3) is 0 Å². The summed E-state index contributed by atoms with van der Waals surface area (Å²) in [7, 11) is 0. The van der Waals surface area contributed by atoms with Crippen molar-refractivity contribution in [3.8, 4) is 0 Å². The Bertz CT molecular complexity index is 190. The number of thioether (sulfide) groups is 1. The second-order valence-corrected chi connectivity index (χ2v) is 3.52. The van der Waals surface area contributed by atoms with Crippen LogP contribution in [0.4, 0.5) is 0 Å². The molecule has 0 aliphatic carbocycles. The van der Waals surface area contributed by atoms with Crippen molar-refractivity contribution in [2.24, 2.45) is 10.7 Å². The van der Waals surface area contributed by atoms with Crippen LogP contribution in [0, 0.1) is 0 Å². The van der Waals surface area contributed by atoms with Crippen LogP contribution in [0.1, 0.15) is 13.8 Å². The molecule has 0 radical (unpaired) electrons. The summed E-state index contributed by atoms with van der Waals surface area (Å²) >= 11 is 1.36. The number of aliphatic imine (C=N–C) groups is 1. The average Bonchev–Trinajstić information content (AvgIpc) is 2.10. The largest absolute Gasteiger partial charge is 0.379 e. The van der Waals surface area contributed by atoms with E-state index >= 15 is 0 Å². The predicted octanol–water partition coefficient (Wildman–Crippen LogP) is 0.394. The van der Waals surface area contributed by atoms with E-state index in [4.69, 9.17) is 5.73 Å². The minimum Gasteiger partial charge on any atom is -0.379 e. The molecule has 0 fully saturated rings. The van der Waals surface area contributed by atoms with Crippen molar-refractivity contribution in [2.75, 3.05) is 0 Å². The lowest BCUT2D eigenvalue weighted by Gasteiger charge is -2.06. The van der Waals surface area contributed by atoms with E-state index in [-0.39, 0.29) is 17.1 Å². The van der Waals surface area contributed by atoms with Gasteiger partial charge in [-0.25, -0.2) is 0 Å². The van der Waals surface area contributed by atoms with Crippen LogP contribution in [0.2, 0.25) is 0 Å². The minimum absolute atomic E-state index is 0.0417. The molecule has 0 bridgehead atoms. The fraction of sp³-hybridized carbons (Fsp3) is 0.667. The van der Waals surface area contributed by atoms with Gasteiger partial charge in [-0.15, -0.1) is 0 Å². The summed E-state index contributed by atoms with van der Waals surface area (Å²) in [5.74, 6) is 0.154. The monoisotopic (exact) mass is 158 g/mol. The standard InChI is InChI=1S/C6H10N2OS/c1-3-5(4(2)9)10-6(7)8-3/h3,5H,1-2H3,(H2,7,8). The van der Waals surface area contributed by atoms with Crippen LogP contribution in [-0.4, -0.2) is 22.2 Å². The third-order valence-corrected chi connectivity index (χ3v) is 2.74. The van der Waals surface area contributed by atoms with Gasteiger partial charge in [-0.1, -0.05) is 11.8 Å². The van der Waals surface area contributed by atoms with Gasteiger partial charge >= 0.3 is 0 Å². The van der Waals surface area contributed by atoms with Crippen LogP contribution < -0.4 is 5.73 Å². The molecule has 2 atom stereocenters. The number of hydrogen-bond donors (Lipinski definition) is 1. The highest BCUT2D eigenvalue weighted by Gasteiger charge is 2.28. The average molecular weight is 158 g/mol. The number of rotatable bonds is 1. The SMILES string of the molecule is CC(=O)C1SC(N)=NC1C. The van der Waals surface area contributed by atoms with Crippen LogP contribution in [0.5, 0.6) is 0 Å². The number of nitrogens with zero attached hydrogens (tertiary/aromatic N) is 1. The molecule has 10 heavy (non-hydrogen) atoms. The van der Waals surface area contributed by atoms with E-state index < -0.39 is 0 Å². The first-order chi connectivity index (χ1) is 4.61. The molecule has 3 nitrogen and oxygen atoms in total. The maximum atomic E-state index is 10.9. The van der Waals surface area contributed by atoms with E-state index in [9.17, 15) is 4.79 Å². The molecular formula is C6H10N2OS. The Morgan fingerprint density at radius 3 is 2.60 bits per heavy atom. The van der Waals surface area contributed by atoms with E-state index in [0.29, 0.717) is 5.17 Å². The highest BCUT2D eigenvalue weighted by molar-refractivity contribution is 8.15. The first-order valence-corrected chi connectivity index (χ1v) is 3.99. The summed E-state index contributed by atoms with van der Waals surface area (Å²) in [6.45, 7) is 3.47. The number of ketones is 1. The number of nitrogens with two attached hydrogens (primary N) is 1. The van der Waals surface area contributed by atoms with Gasteiger partial charge in [0, 0.05) is 0 Å². The lowest BCUT2D eigenvalue weighted by atomic mass is 10.2. The Morgan fingerprint density at radius 2 is 2.40 bits per heavy atom. The summed E-state index contributed by atoms with van der Waals surface area (Å²) < 4.78 is 0. The van der Waals surface area contributed by atoms with Crippen molar-refractivity contribution in [1.29, 1.82) is 0 Å². The van der Waals surface area contributed by atoms with Gasteiger partial charge in [0.2, 0.25) is 0 Å². The molecule has 0 saturated heterocycles. The van der Waals surface area contributed by atoms with Crippen LogP contribution in [0.15, 0.2) is 4.99 Å². The summed E-state index contributed by atoms with van der Waals surface area (Å²) in [5.41, 5.74) is 5.41. The fourth-order valence-electron chi connectivity index (χ4n) is 0.950. The zero-order chi connectivity index (χ0) is 7.72. The molecule has 2 N–H and O–H groups in total. The zero-order valence-electron chi connectivity index (χ0n) is 6.00. The third kappa shape index (κ3) is 1.31. The van der Waals surface area contributed by atoms with Crippen molar-refractivity contribution < 1.29 is 4.79 Å². The Kier molecular flexibility index (Phi) is 1.99. The summed E-state index contributed by atoms with van der Waals surface area (Å²) in [6, 6.07) is 0.0579. The molecular weight excluding hydrogens is 148 g/mol. The Balaban J connectivity index is 2.63. The summed E-state index contributed by atoms with van der Waals surface area (Å²) in [4.78, 5) is 14.9. The van der Waals surface area contributed by atoms with E-state index in [1.54, 1.807) is 6.92 Å². The first kappa shape index (κ1) is 7.60. The predicted molar refractivity (Wildman–Crippen MR) is 43.1 cm³/mol. The summed E-state index contributed by atoms with van der Waals surface area (Å²) in [6.07, 6.45) is 0. The van der Waals surface area contributed by atoms with E-state index in [0.717, 1.165) is 0 Å². The maximum Gasteiger partial charge on any atom is 0.155 e. The maximum absolute atomic E-state index is 10.9. The number of carbonyl (C=O) groups excluding carboxylic acids is 1. The normalized spacial score (nSPS) is 32.0. The molecule has 1 rings (SSSR count). The van der Waals surface area contributed by atoms with Gasteiger partial charge in [0.1, 0.15) is 5.78 Å². The lowest BCUT2D eigenvalue weighted by molar-refractivity contribution is -0.116. The second kappa shape index (κ2) is 2.62. The smallest absolute Gasteiger partial charge is 0.155 e. The molecule has 0 spiro atoms. The van der Waals surface area contributed by atoms with E-state index in [1.165, 1.54) is 11.8 Å². The lowest BCUT2D eigenvalue weighted by Crippen LogP contribution is -2.21. The van der Waals surface area contributed by atoms with E-state index in [2.05, 4.69) is 4.99 Å². The van der Waals surface area contributed by atoms with Gasteiger partial charge in [0.25, 0.3) is 0 Å². The van der Waals surface area contributed by atoms with Crippen molar-refractivity contribution in [1.82, 2.24) is 0 Å². The quantitative estimate of drug-likeness (QED) is 0.600. The molecule has 0 amide bonds. The number of hydrogen-bond acceptors (Lipinski definition) is 4. The van der Waals surface area contributed by atoms with Crippen LogP contribution >= 0.6 is 11.8 Å². The highest BCUT2D eigenvalue weighted by Crippen LogP contribution is 2.24. The minimum atomic E-state index is -0.0417.